The number of allylic oxidation sites excluding steroid dienone is 5. The second kappa shape index (κ2) is 9.79. The van der Waals surface area contributed by atoms with Crippen molar-refractivity contribution in [2.45, 2.75) is 24.7 Å². The third-order valence-corrected chi connectivity index (χ3v) is 6.46. The zero-order valence-electron chi connectivity index (χ0n) is 17.7. The zero-order valence-corrected chi connectivity index (χ0v) is 19.2. The van der Waals surface area contributed by atoms with Crippen molar-refractivity contribution in [1.29, 1.82) is 0 Å². The van der Waals surface area contributed by atoms with Crippen molar-refractivity contribution in [3.8, 4) is 5.75 Å². The van der Waals surface area contributed by atoms with E-state index in [1.807, 2.05) is 12.4 Å². The Morgan fingerprint density at radius 2 is 2.28 bits per heavy atom. The molecule has 1 aromatic carbocycles. The molecule has 8 heteroatoms. The Labute approximate surface area is 196 Å². The molecule has 0 bridgehead atoms. The van der Waals surface area contributed by atoms with Crippen LogP contribution in [0.4, 0.5) is 10.1 Å². The molecule has 4 rings (SSSR count). The summed E-state index contributed by atoms with van der Waals surface area (Å²) in [7, 11) is 0. The summed E-state index contributed by atoms with van der Waals surface area (Å²) >= 11 is 7.65. The first-order chi connectivity index (χ1) is 15.4. The van der Waals surface area contributed by atoms with Crippen LogP contribution in [0.5, 0.6) is 5.75 Å². The number of hydrogen-bond donors (Lipinski definition) is 1. The van der Waals surface area contributed by atoms with Crippen LogP contribution < -0.4 is 15.0 Å². The van der Waals surface area contributed by atoms with Gasteiger partial charge in [-0.3, -0.25) is 9.79 Å². The fraction of sp³-hybridized carbons (Fsp3) is 0.250. The molecule has 0 spiro atoms. The number of thioether (sulfide) groups is 1. The van der Waals surface area contributed by atoms with E-state index in [0.29, 0.717) is 56.9 Å². The first-order valence-corrected chi connectivity index (χ1v) is 11.6. The van der Waals surface area contributed by atoms with Gasteiger partial charge in [0.05, 0.1) is 16.3 Å². The quantitative estimate of drug-likeness (QED) is 0.608. The Morgan fingerprint density at radius 1 is 1.44 bits per heavy atom. The number of anilines is 1. The van der Waals surface area contributed by atoms with Gasteiger partial charge in [0.15, 0.2) is 11.5 Å². The van der Waals surface area contributed by atoms with Crippen molar-refractivity contribution in [2.75, 3.05) is 23.8 Å². The summed E-state index contributed by atoms with van der Waals surface area (Å²) in [5, 5.41) is 3.61. The van der Waals surface area contributed by atoms with E-state index in [4.69, 9.17) is 16.3 Å². The summed E-state index contributed by atoms with van der Waals surface area (Å²) in [4.78, 5) is 19.2. The second-order valence-corrected chi connectivity index (χ2v) is 9.04. The minimum Gasteiger partial charge on any atom is -0.486 e. The minimum absolute atomic E-state index is 0.0787. The van der Waals surface area contributed by atoms with Crippen LogP contribution in [0.15, 0.2) is 75.2 Å². The Hall–Kier alpha value is -2.77. The van der Waals surface area contributed by atoms with E-state index in [1.165, 1.54) is 17.8 Å². The molecule has 0 aliphatic carbocycles. The van der Waals surface area contributed by atoms with Gasteiger partial charge >= 0.3 is 0 Å². The van der Waals surface area contributed by atoms with Gasteiger partial charge in [-0.05, 0) is 36.8 Å². The van der Waals surface area contributed by atoms with Crippen LogP contribution in [0, 0.1) is 5.82 Å². The van der Waals surface area contributed by atoms with Gasteiger partial charge in [0.2, 0.25) is 0 Å². The van der Waals surface area contributed by atoms with Crippen LogP contribution in [0.1, 0.15) is 18.9 Å². The van der Waals surface area contributed by atoms with Crippen LogP contribution in [0.3, 0.4) is 0 Å². The average Bonchev–Trinajstić information content (AvgIpc) is 2.89. The average molecular weight is 472 g/mol. The Morgan fingerprint density at radius 3 is 3.06 bits per heavy atom. The monoisotopic (exact) mass is 471 g/mol. The SMILES string of the molecule is C=C1/C=C(Cl)\C=C/COc2c(SCCC3=CNCC=N3)c(F)cc3c2N1C=C(C)C(=O)C3. The normalized spacial score (nSPS) is 20.7. The van der Waals surface area contributed by atoms with Gasteiger partial charge in [-0.1, -0.05) is 18.2 Å². The lowest BCUT2D eigenvalue weighted by molar-refractivity contribution is -0.114. The number of Topliss-reactive ketones (excluding diaryl/α,β-unsaturated/α-hetero) is 1. The van der Waals surface area contributed by atoms with E-state index >= 15 is 4.39 Å². The number of aliphatic imine (C=N–C) groups is 1. The molecule has 1 N–H and O–H groups in total. The van der Waals surface area contributed by atoms with Crippen molar-refractivity contribution >= 4 is 41.0 Å². The van der Waals surface area contributed by atoms with Crippen LogP contribution in [0.2, 0.25) is 0 Å². The number of benzene rings is 1. The summed E-state index contributed by atoms with van der Waals surface area (Å²) in [5.74, 6) is 0.536. The summed E-state index contributed by atoms with van der Waals surface area (Å²) in [6.07, 6.45) is 11.4. The molecule has 0 aromatic heterocycles. The van der Waals surface area contributed by atoms with Gasteiger partial charge < -0.3 is 15.0 Å². The van der Waals surface area contributed by atoms with Gasteiger partial charge in [0, 0.05) is 60.1 Å². The molecule has 166 valence electrons. The lowest BCUT2D eigenvalue weighted by atomic mass is 10.0. The van der Waals surface area contributed by atoms with Gasteiger partial charge in [-0.25, -0.2) is 4.39 Å². The molecule has 0 saturated heterocycles. The Balaban J connectivity index is 1.78. The summed E-state index contributed by atoms with van der Waals surface area (Å²) < 4.78 is 21.4. The molecular weight excluding hydrogens is 449 g/mol. The lowest BCUT2D eigenvalue weighted by Gasteiger charge is -2.27. The number of nitrogens with one attached hydrogen (secondary N) is 1. The van der Waals surface area contributed by atoms with E-state index in [2.05, 4.69) is 16.9 Å². The van der Waals surface area contributed by atoms with E-state index in [9.17, 15) is 4.79 Å². The molecule has 0 fully saturated rings. The van der Waals surface area contributed by atoms with Crippen LogP contribution in [0.25, 0.3) is 0 Å². The molecule has 0 unspecified atom stereocenters. The summed E-state index contributed by atoms with van der Waals surface area (Å²) in [6.45, 7) is 6.80. The molecule has 3 aliphatic rings. The van der Waals surface area contributed by atoms with Gasteiger partial charge in [0.25, 0.3) is 0 Å². The lowest BCUT2D eigenvalue weighted by Crippen LogP contribution is -2.17. The van der Waals surface area contributed by atoms with Crippen molar-refractivity contribution < 1.29 is 13.9 Å². The fourth-order valence-electron chi connectivity index (χ4n) is 3.58. The van der Waals surface area contributed by atoms with Crippen LogP contribution in [-0.2, 0) is 11.2 Å². The summed E-state index contributed by atoms with van der Waals surface area (Å²) in [5.41, 5.74) is 3.19. The first kappa shape index (κ1) is 22.4. The van der Waals surface area contributed by atoms with Crippen molar-refractivity contribution in [3.63, 3.8) is 0 Å². The smallest absolute Gasteiger partial charge is 0.164 e. The third kappa shape index (κ3) is 4.84. The standard InChI is InChI=1S/C24H23ClFN3O2S/c1-15-14-29-16(2)10-18(25)4-3-8-31-23-22(29)17(12-21(15)30)11-20(26)24(23)32-9-5-19-13-27-6-7-28-19/h3-4,7,10-11,13-14,27H,2,5-6,8-9,12H2,1H3/b4-3-,18-10+. The van der Waals surface area contributed by atoms with E-state index in [0.717, 1.165) is 5.70 Å². The molecule has 0 saturated carbocycles. The number of carbonyl (C=O) groups excluding carboxylic acids is 1. The number of ketones is 1. The predicted molar refractivity (Wildman–Crippen MR) is 129 cm³/mol. The van der Waals surface area contributed by atoms with Gasteiger partial charge in [-0.15, -0.1) is 11.8 Å². The number of nitrogens with zero attached hydrogens (tertiary/aromatic N) is 2. The molecular formula is C24H23ClFN3O2S. The highest BCUT2D eigenvalue weighted by atomic mass is 35.5. The summed E-state index contributed by atoms with van der Waals surface area (Å²) in [6, 6.07) is 1.43. The Bertz CT molecular complexity index is 1120. The molecule has 32 heavy (non-hydrogen) atoms. The topological polar surface area (TPSA) is 53.9 Å². The molecule has 0 radical (unpaired) electrons. The number of hydrogen-bond acceptors (Lipinski definition) is 6. The number of ether oxygens (including phenoxy) is 1. The third-order valence-electron chi connectivity index (χ3n) is 5.15. The molecule has 1 aromatic rings. The maximum atomic E-state index is 15.3. The number of rotatable bonds is 4. The predicted octanol–water partition coefficient (Wildman–Crippen LogP) is 5.24. The van der Waals surface area contributed by atoms with Crippen molar-refractivity contribution in [1.82, 2.24) is 5.32 Å². The highest BCUT2D eigenvalue weighted by Gasteiger charge is 2.29. The van der Waals surface area contributed by atoms with E-state index < -0.39 is 5.82 Å². The van der Waals surface area contributed by atoms with E-state index in [-0.39, 0.29) is 18.8 Å². The molecule has 3 heterocycles. The largest absolute Gasteiger partial charge is 0.486 e. The molecule has 5 nitrogen and oxygen atoms in total. The van der Waals surface area contributed by atoms with Crippen LogP contribution >= 0.6 is 23.4 Å². The molecule has 0 amide bonds. The zero-order chi connectivity index (χ0) is 22.7. The second-order valence-electron chi connectivity index (χ2n) is 7.49. The first-order valence-electron chi connectivity index (χ1n) is 10.2. The van der Waals surface area contributed by atoms with Gasteiger partial charge in [0.1, 0.15) is 12.4 Å². The maximum Gasteiger partial charge on any atom is 0.164 e. The van der Waals surface area contributed by atoms with Crippen LogP contribution in [-0.4, -0.2) is 30.9 Å². The van der Waals surface area contributed by atoms with Gasteiger partial charge in [-0.2, -0.15) is 0 Å². The molecule has 0 atom stereocenters. The van der Waals surface area contributed by atoms with E-state index in [1.54, 1.807) is 36.3 Å². The maximum absolute atomic E-state index is 15.3. The highest BCUT2D eigenvalue weighted by Crippen LogP contribution is 2.46. The Kier molecular flexibility index (Phi) is 6.86. The van der Waals surface area contributed by atoms with Crippen molar-refractivity contribution in [3.05, 3.63) is 76.7 Å². The number of carbonyl (C=O) groups is 1. The minimum atomic E-state index is -0.407. The molecule has 3 aliphatic heterocycles. The number of halogens is 2. The van der Waals surface area contributed by atoms with Crippen molar-refractivity contribution in [2.24, 2.45) is 4.99 Å². The fourth-order valence-corrected chi connectivity index (χ4v) is 4.79. The highest BCUT2D eigenvalue weighted by molar-refractivity contribution is 7.99.